The van der Waals surface area contributed by atoms with Gasteiger partial charge < -0.3 is 0 Å². The molecule has 3 aromatic rings. The number of hydrogen-bond acceptors (Lipinski definition) is 0. The van der Waals surface area contributed by atoms with Gasteiger partial charge in [-0.1, -0.05) is 84.9 Å². The van der Waals surface area contributed by atoms with Gasteiger partial charge in [-0.15, -0.1) is 24.0 Å². The van der Waals surface area contributed by atoms with Crippen molar-refractivity contribution < 1.29 is 0 Å². The second-order valence-electron chi connectivity index (χ2n) is 5.07. The van der Waals surface area contributed by atoms with Crippen LogP contribution in [0.5, 0.6) is 0 Å². The summed E-state index contributed by atoms with van der Waals surface area (Å²) in [6.07, 6.45) is 0.913. The van der Waals surface area contributed by atoms with E-state index >= 15 is 0 Å². The van der Waals surface area contributed by atoms with Crippen LogP contribution in [0.4, 0.5) is 0 Å². The van der Waals surface area contributed by atoms with Gasteiger partial charge in [0.05, 0.1) is 0 Å². The number of rotatable bonds is 5. The number of hydrogen-bond donors (Lipinski definition) is 0. The van der Waals surface area contributed by atoms with Gasteiger partial charge in [0.15, 0.2) is 0 Å². The van der Waals surface area contributed by atoms with Gasteiger partial charge in [-0.3, -0.25) is 0 Å². The summed E-state index contributed by atoms with van der Waals surface area (Å²) < 4.78 is 0. The zero-order chi connectivity index (χ0) is 15.2. The second-order valence-corrected chi connectivity index (χ2v) is 7.64. The smallest absolute Gasteiger partial charge is 0.0264 e. The largest absolute Gasteiger partial charge is 0.147 e. The van der Waals surface area contributed by atoms with Crippen LogP contribution in [0.3, 0.4) is 0 Å². The van der Waals surface area contributed by atoms with Crippen molar-refractivity contribution >= 4 is 47.8 Å². The van der Waals surface area contributed by atoms with E-state index in [2.05, 4.69) is 84.9 Å². The van der Waals surface area contributed by atoms with Gasteiger partial charge in [-0.05, 0) is 35.8 Å². The summed E-state index contributed by atoms with van der Waals surface area (Å²) in [5.41, 5.74) is 1.36. The van der Waals surface area contributed by atoms with Gasteiger partial charge >= 0.3 is 0 Å². The standard InChI is InChI=1S/C20H18ClP.ClH/c21-16-15-17-9-7-8-14-20(17)22(18-10-3-1-4-11-18)19-12-5-2-6-13-19;/h1-14H,15-16H2;1H. The zero-order valence-corrected chi connectivity index (χ0v) is 15.2. The lowest BCUT2D eigenvalue weighted by atomic mass is 10.2. The molecule has 0 bridgehead atoms. The number of benzene rings is 3. The predicted octanol–water partition coefficient (Wildman–Crippen LogP) is 4.65. The Morgan fingerprint density at radius 1 is 0.652 bits per heavy atom. The first-order valence-electron chi connectivity index (χ1n) is 7.44. The highest BCUT2D eigenvalue weighted by Gasteiger charge is 2.18. The van der Waals surface area contributed by atoms with Crippen molar-refractivity contribution in [3.8, 4) is 0 Å². The molecule has 3 heteroatoms. The highest BCUT2D eigenvalue weighted by atomic mass is 35.5. The van der Waals surface area contributed by atoms with Gasteiger partial charge in [0.25, 0.3) is 0 Å². The summed E-state index contributed by atoms with van der Waals surface area (Å²) in [7, 11) is -0.537. The van der Waals surface area contributed by atoms with Crippen LogP contribution in [0.15, 0.2) is 84.9 Å². The van der Waals surface area contributed by atoms with Crippen LogP contribution in [-0.2, 0) is 6.42 Å². The van der Waals surface area contributed by atoms with Crippen molar-refractivity contribution in [2.45, 2.75) is 6.42 Å². The molecule has 23 heavy (non-hydrogen) atoms. The molecule has 3 aromatic carbocycles. The first-order chi connectivity index (χ1) is 10.9. The van der Waals surface area contributed by atoms with Crippen molar-refractivity contribution in [2.24, 2.45) is 0 Å². The molecule has 0 saturated heterocycles. The minimum absolute atomic E-state index is 0. The molecule has 0 atom stereocenters. The molecule has 0 aromatic heterocycles. The number of aryl methyl sites for hydroxylation is 1. The van der Waals surface area contributed by atoms with Gasteiger partial charge in [-0.2, -0.15) is 0 Å². The maximum absolute atomic E-state index is 6.01. The molecule has 0 unspecified atom stereocenters. The molecule has 0 spiro atoms. The molecule has 0 N–H and O–H groups in total. The average molecular weight is 361 g/mol. The SMILES string of the molecule is Cl.ClCCc1ccccc1P(c1ccccc1)c1ccccc1. The van der Waals surface area contributed by atoms with E-state index in [9.17, 15) is 0 Å². The Morgan fingerprint density at radius 3 is 1.65 bits per heavy atom. The first-order valence-corrected chi connectivity index (χ1v) is 9.32. The van der Waals surface area contributed by atoms with E-state index in [-0.39, 0.29) is 12.4 Å². The topological polar surface area (TPSA) is 0 Å². The molecule has 0 aliphatic rings. The highest BCUT2D eigenvalue weighted by molar-refractivity contribution is 7.79. The first kappa shape index (κ1) is 18.0. The number of halogens is 2. The van der Waals surface area contributed by atoms with Crippen molar-refractivity contribution in [1.29, 1.82) is 0 Å². The van der Waals surface area contributed by atoms with Gasteiger partial charge in [0, 0.05) is 5.88 Å². The molecule has 0 radical (unpaired) electrons. The van der Waals surface area contributed by atoms with Crippen LogP contribution in [0.1, 0.15) is 5.56 Å². The molecular formula is C20H19Cl2P. The van der Waals surface area contributed by atoms with Gasteiger partial charge in [0.2, 0.25) is 0 Å². The van der Waals surface area contributed by atoms with Crippen LogP contribution in [0.25, 0.3) is 0 Å². The summed E-state index contributed by atoms with van der Waals surface area (Å²) in [6.45, 7) is 0. The number of alkyl halides is 1. The van der Waals surface area contributed by atoms with Crippen molar-refractivity contribution in [2.75, 3.05) is 5.88 Å². The maximum Gasteiger partial charge on any atom is 0.0264 e. The van der Waals surface area contributed by atoms with Crippen LogP contribution in [-0.4, -0.2) is 5.88 Å². The molecule has 0 fully saturated rings. The fourth-order valence-electron chi connectivity index (χ4n) is 2.62. The fourth-order valence-corrected chi connectivity index (χ4v) is 5.33. The van der Waals surface area contributed by atoms with Crippen molar-refractivity contribution in [3.63, 3.8) is 0 Å². The Balaban J connectivity index is 0.00000192. The molecule has 0 saturated carbocycles. The van der Waals surface area contributed by atoms with Crippen LogP contribution >= 0.6 is 31.9 Å². The predicted molar refractivity (Wildman–Crippen MR) is 107 cm³/mol. The molecule has 118 valence electrons. The Labute approximate surface area is 150 Å². The van der Waals surface area contributed by atoms with Crippen LogP contribution in [0, 0.1) is 0 Å². The third kappa shape index (κ3) is 4.36. The van der Waals surface area contributed by atoms with E-state index in [4.69, 9.17) is 11.6 Å². The molecule has 3 rings (SSSR count). The summed E-state index contributed by atoms with van der Waals surface area (Å²) in [5, 5.41) is 4.17. The molecule has 0 heterocycles. The van der Waals surface area contributed by atoms with E-state index in [1.165, 1.54) is 21.5 Å². The second kappa shape index (κ2) is 9.08. The minimum atomic E-state index is -0.537. The zero-order valence-electron chi connectivity index (χ0n) is 12.7. The summed E-state index contributed by atoms with van der Waals surface area (Å²) >= 11 is 6.01. The Hall–Kier alpha value is -1.33. The van der Waals surface area contributed by atoms with Crippen LogP contribution in [0.2, 0.25) is 0 Å². The van der Waals surface area contributed by atoms with Crippen molar-refractivity contribution in [3.05, 3.63) is 90.5 Å². The summed E-state index contributed by atoms with van der Waals surface area (Å²) in [4.78, 5) is 0. The Kier molecular flexibility index (Phi) is 7.12. The quantitative estimate of drug-likeness (QED) is 0.459. The summed E-state index contributed by atoms with van der Waals surface area (Å²) in [5.74, 6) is 0.657. The molecular weight excluding hydrogens is 342 g/mol. The molecule has 0 nitrogen and oxygen atoms in total. The van der Waals surface area contributed by atoms with E-state index in [1.807, 2.05) is 0 Å². The third-order valence-electron chi connectivity index (χ3n) is 3.63. The van der Waals surface area contributed by atoms with E-state index < -0.39 is 7.92 Å². The molecule has 0 amide bonds. The van der Waals surface area contributed by atoms with Gasteiger partial charge in [-0.25, -0.2) is 0 Å². The normalized spacial score (nSPS) is 10.3. The average Bonchev–Trinajstić information content (AvgIpc) is 2.59. The van der Waals surface area contributed by atoms with Crippen molar-refractivity contribution in [1.82, 2.24) is 0 Å². The fraction of sp³-hybridized carbons (Fsp3) is 0.100. The highest BCUT2D eigenvalue weighted by Crippen LogP contribution is 2.34. The maximum atomic E-state index is 6.01. The molecule has 0 aliphatic carbocycles. The Morgan fingerprint density at radius 2 is 1.13 bits per heavy atom. The van der Waals surface area contributed by atoms with E-state index in [0.29, 0.717) is 5.88 Å². The minimum Gasteiger partial charge on any atom is -0.147 e. The third-order valence-corrected chi connectivity index (χ3v) is 6.36. The monoisotopic (exact) mass is 360 g/mol. The molecule has 0 aliphatic heterocycles. The lowest BCUT2D eigenvalue weighted by Gasteiger charge is -2.22. The lowest BCUT2D eigenvalue weighted by molar-refractivity contribution is 1.16. The Bertz CT molecular complexity index is 674. The van der Waals surface area contributed by atoms with Gasteiger partial charge in [0.1, 0.15) is 0 Å². The summed E-state index contributed by atoms with van der Waals surface area (Å²) in [6, 6.07) is 30.3. The van der Waals surface area contributed by atoms with E-state index in [0.717, 1.165) is 6.42 Å². The lowest BCUT2D eigenvalue weighted by Crippen LogP contribution is -2.23. The van der Waals surface area contributed by atoms with Crippen LogP contribution < -0.4 is 15.9 Å². The van der Waals surface area contributed by atoms with E-state index in [1.54, 1.807) is 0 Å².